The molecule has 0 aliphatic carbocycles. The number of amides is 2. The minimum absolute atomic E-state index is 0.00373. The van der Waals surface area contributed by atoms with Gasteiger partial charge in [0.05, 0.1) is 17.2 Å². The van der Waals surface area contributed by atoms with Gasteiger partial charge >= 0.3 is 5.97 Å². The monoisotopic (exact) mass is 302 g/mol. The van der Waals surface area contributed by atoms with E-state index in [1.807, 2.05) is 0 Å². The van der Waals surface area contributed by atoms with Crippen molar-refractivity contribution in [2.45, 2.75) is 18.9 Å². The smallest absolute Gasteiger partial charge is 0.326 e. The molecule has 4 N–H and O–H groups in total. The van der Waals surface area contributed by atoms with Crippen molar-refractivity contribution in [2.24, 2.45) is 5.73 Å². The first-order valence-electron chi connectivity index (χ1n) is 6.51. The van der Waals surface area contributed by atoms with Gasteiger partial charge < -0.3 is 16.2 Å². The molecule has 1 aromatic heterocycles. The average Bonchev–Trinajstić information content (AvgIpc) is 2.50. The van der Waals surface area contributed by atoms with Gasteiger partial charge in [0, 0.05) is 6.42 Å². The quantitative estimate of drug-likeness (QED) is 0.691. The highest BCUT2D eigenvalue weighted by Crippen LogP contribution is 2.09. The number of carbonyl (C=O) groups excluding carboxylic acids is 2. The molecule has 1 atom stereocenters. The Bertz CT molecular complexity index is 732. The third kappa shape index (κ3) is 3.75. The largest absolute Gasteiger partial charge is 0.480 e. The Morgan fingerprint density at radius 3 is 2.55 bits per heavy atom. The summed E-state index contributed by atoms with van der Waals surface area (Å²) in [5, 5.41) is 11.4. The molecule has 1 heterocycles. The first-order valence-corrected chi connectivity index (χ1v) is 6.51. The van der Waals surface area contributed by atoms with Crippen LogP contribution in [0, 0.1) is 0 Å². The molecule has 114 valence electrons. The van der Waals surface area contributed by atoms with Crippen molar-refractivity contribution in [2.75, 3.05) is 0 Å². The second-order valence-electron chi connectivity index (χ2n) is 4.61. The van der Waals surface area contributed by atoms with Crippen molar-refractivity contribution in [1.82, 2.24) is 15.3 Å². The third-order valence-electron chi connectivity index (χ3n) is 2.96. The molecule has 0 bridgehead atoms. The van der Waals surface area contributed by atoms with E-state index in [9.17, 15) is 14.4 Å². The molecular formula is C14H14N4O4. The number of primary amides is 1. The van der Waals surface area contributed by atoms with Gasteiger partial charge in [0.15, 0.2) is 0 Å². The number of para-hydroxylation sites is 2. The topological polar surface area (TPSA) is 135 Å². The Labute approximate surface area is 125 Å². The standard InChI is InChI=1S/C14H14N4O4/c15-12(19)6-5-10(14(21)22)18-13(20)11-7-16-8-3-1-2-4-9(8)17-11/h1-4,7,10H,5-6H2,(H2,15,19)(H,18,20)(H,21,22)/t10-/m1/s1. The van der Waals surface area contributed by atoms with Gasteiger partial charge in [-0.1, -0.05) is 12.1 Å². The summed E-state index contributed by atoms with van der Waals surface area (Å²) in [5.41, 5.74) is 6.14. The summed E-state index contributed by atoms with van der Waals surface area (Å²) < 4.78 is 0. The molecule has 2 aromatic rings. The predicted molar refractivity (Wildman–Crippen MR) is 76.9 cm³/mol. The number of carbonyl (C=O) groups is 3. The van der Waals surface area contributed by atoms with Gasteiger partial charge in [0.25, 0.3) is 5.91 Å². The van der Waals surface area contributed by atoms with Crippen molar-refractivity contribution in [3.63, 3.8) is 0 Å². The van der Waals surface area contributed by atoms with E-state index < -0.39 is 23.8 Å². The van der Waals surface area contributed by atoms with Crippen LogP contribution in [-0.2, 0) is 9.59 Å². The Kier molecular flexibility index (Phi) is 4.62. The Morgan fingerprint density at radius 2 is 1.91 bits per heavy atom. The zero-order valence-corrected chi connectivity index (χ0v) is 11.5. The number of aromatic nitrogens is 2. The van der Waals surface area contributed by atoms with Gasteiger partial charge in [-0.15, -0.1) is 0 Å². The second-order valence-corrected chi connectivity index (χ2v) is 4.61. The van der Waals surface area contributed by atoms with E-state index >= 15 is 0 Å². The van der Waals surface area contributed by atoms with Crippen LogP contribution in [0.25, 0.3) is 11.0 Å². The van der Waals surface area contributed by atoms with Gasteiger partial charge in [-0.2, -0.15) is 0 Å². The molecular weight excluding hydrogens is 288 g/mol. The lowest BCUT2D eigenvalue weighted by molar-refractivity contribution is -0.139. The molecule has 1 aromatic carbocycles. The SMILES string of the molecule is NC(=O)CC[C@@H](NC(=O)c1cnc2ccccc2n1)C(=O)O. The zero-order valence-electron chi connectivity index (χ0n) is 11.5. The van der Waals surface area contributed by atoms with Crippen molar-refractivity contribution >= 4 is 28.8 Å². The minimum atomic E-state index is -1.25. The molecule has 0 aliphatic heterocycles. The van der Waals surface area contributed by atoms with Gasteiger partial charge in [0.2, 0.25) is 5.91 Å². The van der Waals surface area contributed by atoms with E-state index in [1.165, 1.54) is 6.20 Å². The number of rotatable bonds is 6. The summed E-state index contributed by atoms with van der Waals surface area (Å²) in [6, 6.07) is 5.78. The summed E-state index contributed by atoms with van der Waals surface area (Å²) >= 11 is 0. The first kappa shape index (κ1) is 15.4. The molecule has 8 heteroatoms. The molecule has 0 saturated carbocycles. The molecule has 22 heavy (non-hydrogen) atoms. The van der Waals surface area contributed by atoms with E-state index in [0.29, 0.717) is 11.0 Å². The summed E-state index contributed by atoms with van der Waals surface area (Å²) in [6.45, 7) is 0. The van der Waals surface area contributed by atoms with Crippen LogP contribution in [0.3, 0.4) is 0 Å². The minimum Gasteiger partial charge on any atom is -0.480 e. The molecule has 8 nitrogen and oxygen atoms in total. The predicted octanol–water partition coefficient (Wildman–Crippen LogP) is 0.0783. The van der Waals surface area contributed by atoms with E-state index in [0.717, 1.165) is 0 Å². The van der Waals surface area contributed by atoms with Crippen LogP contribution in [0.4, 0.5) is 0 Å². The van der Waals surface area contributed by atoms with Crippen molar-refractivity contribution < 1.29 is 19.5 Å². The van der Waals surface area contributed by atoms with E-state index in [4.69, 9.17) is 10.8 Å². The highest BCUT2D eigenvalue weighted by molar-refractivity contribution is 5.96. The van der Waals surface area contributed by atoms with Crippen LogP contribution in [-0.4, -0.2) is 38.9 Å². The van der Waals surface area contributed by atoms with Gasteiger partial charge in [-0.05, 0) is 18.6 Å². The number of nitrogens with one attached hydrogen (secondary N) is 1. The van der Waals surface area contributed by atoms with Crippen LogP contribution < -0.4 is 11.1 Å². The number of hydrogen-bond donors (Lipinski definition) is 3. The Morgan fingerprint density at radius 1 is 1.23 bits per heavy atom. The molecule has 0 unspecified atom stereocenters. The molecule has 0 radical (unpaired) electrons. The molecule has 0 aliphatic rings. The highest BCUT2D eigenvalue weighted by Gasteiger charge is 2.22. The van der Waals surface area contributed by atoms with Crippen LogP contribution in [0.15, 0.2) is 30.5 Å². The van der Waals surface area contributed by atoms with Crippen molar-refractivity contribution in [3.05, 3.63) is 36.2 Å². The summed E-state index contributed by atoms with van der Waals surface area (Å²) in [6.07, 6.45) is 1.04. The molecule has 0 spiro atoms. The Balaban J connectivity index is 2.14. The number of aliphatic carboxylic acids is 1. The fourth-order valence-electron chi connectivity index (χ4n) is 1.84. The molecule has 0 fully saturated rings. The number of nitrogens with zero attached hydrogens (tertiary/aromatic N) is 2. The lowest BCUT2D eigenvalue weighted by Gasteiger charge is -2.13. The maximum Gasteiger partial charge on any atom is 0.326 e. The van der Waals surface area contributed by atoms with Crippen molar-refractivity contribution in [3.8, 4) is 0 Å². The van der Waals surface area contributed by atoms with Gasteiger partial charge in [-0.3, -0.25) is 14.6 Å². The normalized spacial score (nSPS) is 11.8. The summed E-state index contributed by atoms with van der Waals surface area (Å²) in [7, 11) is 0. The van der Waals surface area contributed by atoms with E-state index in [-0.39, 0.29) is 18.5 Å². The maximum absolute atomic E-state index is 12.1. The van der Waals surface area contributed by atoms with Crippen molar-refractivity contribution in [1.29, 1.82) is 0 Å². The van der Waals surface area contributed by atoms with Gasteiger partial charge in [0.1, 0.15) is 11.7 Å². The fourth-order valence-corrected chi connectivity index (χ4v) is 1.84. The number of carboxylic acids is 1. The van der Waals surface area contributed by atoms with Crippen LogP contribution in [0.1, 0.15) is 23.3 Å². The lowest BCUT2D eigenvalue weighted by atomic mass is 10.1. The lowest BCUT2D eigenvalue weighted by Crippen LogP contribution is -2.41. The number of hydrogen-bond acceptors (Lipinski definition) is 5. The number of nitrogens with two attached hydrogens (primary N) is 1. The average molecular weight is 302 g/mol. The number of fused-ring (bicyclic) bond motifs is 1. The van der Waals surface area contributed by atoms with Crippen LogP contribution in [0.5, 0.6) is 0 Å². The Hall–Kier alpha value is -3.03. The van der Waals surface area contributed by atoms with Crippen LogP contribution >= 0.6 is 0 Å². The highest BCUT2D eigenvalue weighted by atomic mass is 16.4. The first-order chi connectivity index (χ1) is 10.5. The maximum atomic E-state index is 12.1. The van der Waals surface area contributed by atoms with Crippen LogP contribution in [0.2, 0.25) is 0 Å². The summed E-state index contributed by atoms with van der Waals surface area (Å²) in [5.74, 6) is -2.55. The molecule has 2 rings (SSSR count). The van der Waals surface area contributed by atoms with E-state index in [1.54, 1.807) is 24.3 Å². The van der Waals surface area contributed by atoms with Gasteiger partial charge in [-0.25, -0.2) is 9.78 Å². The molecule has 0 saturated heterocycles. The number of carboxylic acid groups (broad SMARTS) is 1. The fraction of sp³-hybridized carbons (Fsp3) is 0.214. The number of benzene rings is 1. The third-order valence-corrected chi connectivity index (χ3v) is 2.96. The zero-order chi connectivity index (χ0) is 16.1. The van der Waals surface area contributed by atoms with E-state index in [2.05, 4.69) is 15.3 Å². The summed E-state index contributed by atoms with van der Waals surface area (Å²) in [4.78, 5) is 42.1. The second kappa shape index (κ2) is 6.61. The molecule has 2 amide bonds.